The topological polar surface area (TPSA) is 114 Å². The minimum absolute atomic E-state index is 0.0273. The molecule has 0 spiro atoms. The fourth-order valence-electron chi connectivity index (χ4n) is 3.40. The Labute approximate surface area is 171 Å². The molecule has 1 amide bonds. The SMILES string of the molecule is NS(=O)(=O)c1ccc(N2CCN(C(=O)c3cc(=O)c4ccc(F)cc4o3)CC2)cc1. The molecular formula is C20H18FN3O5S. The van der Waals surface area contributed by atoms with Gasteiger partial charge in [0.05, 0.1) is 10.3 Å². The molecule has 0 saturated carbocycles. The number of sulfonamides is 1. The molecule has 1 fully saturated rings. The molecule has 1 aliphatic rings. The number of rotatable bonds is 3. The van der Waals surface area contributed by atoms with E-state index in [2.05, 4.69) is 0 Å². The predicted octanol–water partition coefficient (Wildman–Crippen LogP) is 1.54. The highest BCUT2D eigenvalue weighted by Crippen LogP contribution is 2.20. The Morgan fingerprint density at radius 1 is 1.00 bits per heavy atom. The Kier molecular flexibility index (Phi) is 5.04. The largest absolute Gasteiger partial charge is 0.451 e. The first-order valence-electron chi connectivity index (χ1n) is 9.13. The van der Waals surface area contributed by atoms with Crippen molar-refractivity contribution < 1.29 is 22.0 Å². The lowest BCUT2D eigenvalue weighted by atomic mass is 10.2. The zero-order valence-electron chi connectivity index (χ0n) is 15.7. The molecule has 0 atom stereocenters. The second-order valence-corrected chi connectivity index (χ2v) is 8.49. The molecule has 2 N–H and O–H groups in total. The Hall–Kier alpha value is -3.24. The summed E-state index contributed by atoms with van der Waals surface area (Å²) in [7, 11) is -3.75. The van der Waals surface area contributed by atoms with Crippen molar-refractivity contribution in [3.05, 3.63) is 70.3 Å². The Morgan fingerprint density at radius 2 is 1.67 bits per heavy atom. The molecule has 2 heterocycles. The van der Waals surface area contributed by atoms with E-state index >= 15 is 0 Å². The molecule has 30 heavy (non-hydrogen) atoms. The van der Waals surface area contributed by atoms with E-state index in [0.29, 0.717) is 26.2 Å². The molecule has 0 radical (unpaired) electrons. The Balaban J connectivity index is 1.48. The molecule has 1 aliphatic heterocycles. The van der Waals surface area contributed by atoms with E-state index in [4.69, 9.17) is 9.56 Å². The lowest BCUT2D eigenvalue weighted by Gasteiger charge is -2.35. The maximum absolute atomic E-state index is 13.4. The number of piperazine rings is 1. The van der Waals surface area contributed by atoms with Gasteiger partial charge >= 0.3 is 0 Å². The summed E-state index contributed by atoms with van der Waals surface area (Å²) in [6, 6.07) is 10.9. The van der Waals surface area contributed by atoms with Gasteiger partial charge in [0.25, 0.3) is 5.91 Å². The second kappa shape index (κ2) is 7.54. The molecule has 0 bridgehead atoms. The average molecular weight is 431 g/mol. The molecule has 0 aliphatic carbocycles. The van der Waals surface area contributed by atoms with Gasteiger partial charge in [0.15, 0.2) is 11.2 Å². The maximum atomic E-state index is 13.4. The second-order valence-electron chi connectivity index (χ2n) is 6.93. The number of carbonyl (C=O) groups excluding carboxylic acids is 1. The number of amides is 1. The number of anilines is 1. The molecule has 4 rings (SSSR count). The summed E-state index contributed by atoms with van der Waals surface area (Å²) in [5.74, 6) is -1.14. The minimum Gasteiger partial charge on any atom is -0.451 e. The van der Waals surface area contributed by atoms with Gasteiger partial charge in [-0.25, -0.2) is 17.9 Å². The molecule has 2 aromatic carbocycles. The third-order valence-electron chi connectivity index (χ3n) is 5.00. The van der Waals surface area contributed by atoms with Crippen LogP contribution < -0.4 is 15.5 Å². The van der Waals surface area contributed by atoms with Gasteiger partial charge in [-0.05, 0) is 36.4 Å². The van der Waals surface area contributed by atoms with Gasteiger partial charge in [0, 0.05) is 44.0 Å². The van der Waals surface area contributed by atoms with E-state index in [-0.39, 0.29) is 21.6 Å². The molecule has 1 saturated heterocycles. The normalized spacial score (nSPS) is 14.9. The first kappa shape index (κ1) is 20.0. The highest BCUT2D eigenvalue weighted by Gasteiger charge is 2.25. The van der Waals surface area contributed by atoms with E-state index in [9.17, 15) is 22.4 Å². The van der Waals surface area contributed by atoms with Gasteiger partial charge < -0.3 is 14.2 Å². The van der Waals surface area contributed by atoms with Crippen LogP contribution in [0.5, 0.6) is 0 Å². The first-order valence-corrected chi connectivity index (χ1v) is 10.7. The van der Waals surface area contributed by atoms with Gasteiger partial charge in [-0.2, -0.15) is 0 Å². The van der Waals surface area contributed by atoms with Gasteiger partial charge in [-0.3, -0.25) is 9.59 Å². The van der Waals surface area contributed by atoms with E-state index < -0.39 is 27.2 Å². The molecule has 0 unspecified atom stereocenters. The monoisotopic (exact) mass is 431 g/mol. The maximum Gasteiger partial charge on any atom is 0.289 e. The number of fused-ring (bicyclic) bond motifs is 1. The Bertz CT molecular complexity index is 1280. The van der Waals surface area contributed by atoms with Crippen LogP contribution >= 0.6 is 0 Å². The van der Waals surface area contributed by atoms with Gasteiger partial charge in [0.2, 0.25) is 10.0 Å². The fourth-order valence-corrected chi connectivity index (χ4v) is 3.92. The number of hydrogen-bond donors (Lipinski definition) is 1. The van der Waals surface area contributed by atoms with Crippen LogP contribution in [0.3, 0.4) is 0 Å². The quantitative estimate of drug-likeness (QED) is 0.673. The zero-order valence-corrected chi connectivity index (χ0v) is 16.6. The number of benzene rings is 2. The smallest absolute Gasteiger partial charge is 0.289 e. The summed E-state index contributed by atoms with van der Waals surface area (Å²) in [5, 5.41) is 5.32. The summed E-state index contributed by atoms with van der Waals surface area (Å²) in [6.45, 7) is 1.77. The van der Waals surface area contributed by atoms with Crippen LogP contribution in [0.15, 0.2) is 62.6 Å². The summed E-state index contributed by atoms with van der Waals surface area (Å²) in [4.78, 5) is 28.6. The van der Waals surface area contributed by atoms with E-state index in [1.807, 2.05) is 4.90 Å². The zero-order chi connectivity index (χ0) is 21.5. The summed E-state index contributed by atoms with van der Waals surface area (Å²) in [5.41, 5.74) is 0.426. The van der Waals surface area contributed by atoms with E-state index in [0.717, 1.165) is 23.9 Å². The van der Waals surface area contributed by atoms with Crippen molar-refractivity contribution in [1.29, 1.82) is 0 Å². The third-order valence-corrected chi connectivity index (χ3v) is 5.93. The molecular weight excluding hydrogens is 413 g/mol. The molecule has 10 heteroatoms. The van der Waals surface area contributed by atoms with Crippen molar-refractivity contribution in [2.75, 3.05) is 31.1 Å². The standard InChI is InChI=1S/C20H18FN3O5S/c21-13-1-6-16-17(25)12-19(29-18(16)11-13)20(26)24-9-7-23(8-10-24)14-2-4-15(5-3-14)30(22,27)28/h1-6,11-12H,7-10H2,(H2,22,27,28). The van der Waals surface area contributed by atoms with Crippen LogP contribution in [0.1, 0.15) is 10.6 Å². The lowest BCUT2D eigenvalue weighted by Crippen LogP contribution is -2.48. The minimum atomic E-state index is -3.75. The fraction of sp³-hybridized carbons (Fsp3) is 0.200. The lowest BCUT2D eigenvalue weighted by molar-refractivity contribution is 0.0715. The van der Waals surface area contributed by atoms with E-state index in [1.165, 1.54) is 18.2 Å². The van der Waals surface area contributed by atoms with Crippen molar-refractivity contribution in [2.24, 2.45) is 5.14 Å². The van der Waals surface area contributed by atoms with Crippen LogP contribution in [0.4, 0.5) is 10.1 Å². The van der Waals surface area contributed by atoms with Crippen LogP contribution in [-0.2, 0) is 10.0 Å². The summed E-state index contributed by atoms with van der Waals surface area (Å²) >= 11 is 0. The number of nitrogens with zero attached hydrogens (tertiary/aromatic N) is 2. The third kappa shape index (κ3) is 3.91. The van der Waals surface area contributed by atoms with Crippen molar-refractivity contribution in [3.63, 3.8) is 0 Å². The summed E-state index contributed by atoms with van der Waals surface area (Å²) < 4.78 is 41.7. The highest BCUT2D eigenvalue weighted by atomic mass is 32.2. The number of carbonyl (C=O) groups is 1. The average Bonchev–Trinajstić information content (AvgIpc) is 2.72. The van der Waals surface area contributed by atoms with Crippen molar-refractivity contribution >= 4 is 32.6 Å². The molecule has 1 aromatic heterocycles. The van der Waals surface area contributed by atoms with E-state index in [1.54, 1.807) is 17.0 Å². The van der Waals surface area contributed by atoms with Crippen LogP contribution in [-0.4, -0.2) is 45.4 Å². The van der Waals surface area contributed by atoms with Crippen molar-refractivity contribution in [3.8, 4) is 0 Å². The highest BCUT2D eigenvalue weighted by molar-refractivity contribution is 7.89. The van der Waals surface area contributed by atoms with Gasteiger partial charge in [0.1, 0.15) is 11.4 Å². The Morgan fingerprint density at radius 3 is 2.30 bits per heavy atom. The molecule has 8 nitrogen and oxygen atoms in total. The number of halogens is 1. The predicted molar refractivity (Wildman–Crippen MR) is 108 cm³/mol. The van der Waals surface area contributed by atoms with Crippen molar-refractivity contribution in [2.45, 2.75) is 4.90 Å². The van der Waals surface area contributed by atoms with Gasteiger partial charge in [-0.15, -0.1) is 0 Å². The van der Waals surface area contributed by atoms with Crippen LogP contribution in [0, 0.1) is 5.82 Å². The number of hydrogen-bond acceptors (Lipinski definition) is 6. The van der Waals surface area contributed by atoms with Gasteiger partial charge in [-0.1, -0.05) is 0 Å². The number of nitrogens with two attached hydrogens (primary N) is 1. The van der Waals surface area contributed by atoms with Crippen LogP contribution in [0.25, 0.3) is 11.0 Å². The molecule has 3 aromatic rings. The first-order chi connectivity index (χ1) is 14.2. The van der Waals surface area contributed by atoms with Crippen molar-refractivity contribution in [1.82, 2.24) is 4.90 Å². The molecule has 156 valence electrons. The summed E-state index contributed by atoms with van der Waals surface area (Å²) in [6.07, 6.45) is 0. The number of primary sulfonamides is 1. The van der Waals surface area contributed by atoms with Crippen LogP contribution in [0.2, 0.25) is 0 Å².